The van der Waals surface area contributed by atoms with Crippen LogP contribution in [0.15, 0.2) is 237 Å². The number of imide groups is 2. The minimum atomic E-state index is -0.695. The fourth-order valence-corrected chi connectivity index (χ4v) is 12.8. The molecule has 15 rings (SSSR count). The van der Waals surface area contributed by atoms with Gasteiger partial charge in [-0.1, -0.05) is 140 Å². The van der Waals surface area contributed by atoms with Gasteiger partial charge in [0.05, 0.1) is 34.0 Å². The van der Waals surface area contributed by atoms with Gasteiger partial charge in [-0.05, 0) is 159 Å². The van der Waals surface area contributed by atoms with E-state index in [1.807, 2.05) is 235 Å². The molecule has 11 heteroatoms. The molecule has 13 aromatic carbocycles. The van der Waals surface area contributed by atoms with Crippen LogP contribution in [0, 0.1) is 27.7 Å². The molecular formula is C78H55N3O8. The first-order valence-electron chi connectivity index (χ1n) is 29.5. The van der Waals surface area contributed by atoms with Gasteiger partial charge in [0.15, 0.2) is 0 Å². The van der Waals surface area contributed by atoms with E-state index in [0.717, 1.165) is 44.9 Å². The minimum Gasteiger partial charge on any atom is -0.456 e. The number of hydrogen-bond donors (Lipinski definition) is 0. The summed E-state index contributed by atoms with van der Waals surface area (Å²) in [7, 11) is 0. The first-order valence-corrected chi connectivity index (χ1v) is 29.5. The molecule has 0 radical (unpaired) electrons. The average molecular weight is 1160 g/mol. The van der Waals surface area contributed by atoms with Crippen LogP contribution in [0.25, 0.3) is 43.1 Å². The number of aryl methyl sites for hydroxylation is 4. The molecule has 2 aliphatic heterocycles. The molecule has 0 bridgehead atoms. The second-order valence-electron chi connectivity index (χ2n) is 22.7. The lowest BCUT2D eigenvalue weighted by Gasteiger charge is -2.34. The van der Waals surface area contributed by atoms with Crippen molar-refractivity contribution in [3.63, 3.8) is 0 Å². The molecule has 0 N–H and O–H groups in total. The molecule has 2 heterocycles. The molecule has 89 heavy (non-hydrogen) atoms. The molecule has 1 atom stereocenters. The summed E-state index contributed by atoms with van der Waals surface area (Å²) in [5, 5.41) is 3.30. The number of hydrogen-bond acceptors (Lipinski definition) is 9. The van der Waals surface area contributed by atoms with Crippen LogP contribution in [-0.2, 0) is 0 Å². The summed E-state index contributed by atoms with van der Waals surface area (Å²) >= 11 is 0. The highest BCUT2D eigenvalue weighted by Gasteiger charge is 2.43. The van der Waals surface area contributed by atoms with E-state index in [9.17, 15) is 0 Å². The third-order valence-electron chi connectivity index (χ3n) is 17.2. The summed E-state index contributed by atoms with van der Waals surface area (Å²) in [5.41, 5.74) is 7.76. The SMILES string of the molecule is Cc1ccccc1Oc1cc2c3c(cc(Oc4ccccc4C)c4c5c(Oc6ccccc6C)cc6c7c(cc(Oc8ccccc8C)c(c1c34)c75)C(=O)N(C(C)c1ccccc1)C6=O)C(=O)N(c1ccc(N(c3ccccc3)c3ccccc3)cc1)C2=O. The summed E-state index contributed by atoms with van der Waals surface area (Å²) in [6.45, 7) is 9.62. The Kier molecular flexibility index (Phi) is 13.0. The van der Waals surface area contributed by atoms with E-state index in [2.05, 4.69) is 4.90 Å². The number of benzene rings is 13. The highest BCUT2D eigenvalue weighted by Crippen LogP contribution is 2.59. The number of ether oxygens (including phenoxy) is 4. The van der Waals surface area contributed by atoms with Gasteiger partial charge in [-0.15, -0.1) is 0 Å². The molecule has 0 saturated carbocycles. The standard InChI is InChI=1S/C78H55N3O8/c1-45-23-15-19-33-59(45)86-63-41-55-67-56(76(83)79(75(55)82)49(5)50-27-9-6-10-28-50)42-64(87-60-34-20-16-24-46(60)2)70-72-66(89-62-36-22-18-26-48(62)4)44-58-68-57(43-65(71(74(68)72)69(63)73(67)70)88-61-35-21-17-25-47(61)3)77(84)81(78(58)85)54-39-37-53(38-40-54)80(51-29-11-7-12-30-51)52-31-13-8-14-32-52/h6-44,49H,1-5H3. The van der Waals surface area contributed by atoms with Crippen molar-refractivity contribution in [3.8, 4) is 46.0 Å². The van der Waals surface area contributed by atoms with E-state index in [4.69, 9.17) is 18.9 Å². The molecule has 0 spiro atoms. The van der Waals surface area contributed by atoms with Crippen molar-refractivity contribution in [2.75, 3.05) is 9.80 Å². The number of carbonyl (C=O) groups excluding carboxylic acids is 4. The maximum atomic E-state index is 16.1. The Balaban J connectivity index is 1.08. The van der Waals surface area contributed by atoms with Gasteiger partial charge >= 0.3 is 0 Å². The molecule has 0 fully saturated rings. The first-order chi connectivity index (χ1) is 43.4. The van der Waals surface area contributed by atoms with Crippen LogP contribution in [-0.4, -0.2) is 28.5 Å². The fraction of sp³-hybridized carbons (Fsp3) is 0.0769. The molecule has 2 aliphatic rings. The lowest BCUT2D eigenvalue weighted by molar-refractivity contribution is 0.0548. The van der Waals surface area contributed by atoms with Crippen molar-refractivity contribution in [2.45, 2.75) is 40.7 Å². The number of para-hydroxylation sites is 6. The average Bonchev–Trinajstić information content (AvgIpc) is 0.680. The first kappa shape index (κ1) is 54.1. The molecule has 0 aliphatic carbocycles. The summed E-state index contributed by atoms with van der Waals surface area (Å²) in [5.74, 6) is 0.699. The van der Waals surface area contributed by atoms with Gasteiger partial charge in [0.25, 0.3) is 23.6 Å². The Bertz CT molecular complexity index is 4810. The highest BCUT2D eigenvalue weighted by atomic mass is 16.5. The predicted molar refractivity (Wildman–Crippen MR) is 350 cm³/mol. The highest BCUT2D eigenvalue weighted by molar-refractivity contribution is 6.46. The van der Waals surface area contributed by atoms with Gasteiger partial charge < -0.3 is 23.8 Å². The largest absolute Gasteiger partial charge is 0.456 e. The van der Waals surface area contributed by atoms with Crippen molar-refractivity contribution in [1.29, 1.82) is 0 Å². The van der Waals surface area contributed by atoms with Crippen LogP contribution in [0.2, 0.25) is 0 Å². The Labute approximate surface area is 513 Å². The van der Waals surface area contributed by atoms with Gasteiger partial charge in [0.1, 0.15) is 46.0 Å². The van der Waals surface area contributed by atoms with E-state index in [0.29, 0.717) is 71.8 Å². The Morgan fingerprint density at radius 1 is 0.303 bits per heavy atom. The third kappa shape index (κ3) is 8.88. The van der Waals surface area contributed by atoms with Crippen LogP contribution in [0.3, 0.4) is 0 Å². The monoisotopic (exact) mass is 1160 g/mol. The summed E-state index contributed by atoms with van der Waals surface area (Å²) in [4.78, 5) is 68.4. The van der Waals surface area contributed by atoms with Gasteiger partial charge in [-0.3, -0.25) is 24.1 Å². The number of anilines is 4. The second kappa shape index (κ2) is 21.4. The zero-order valence-electron chi connectivity index (χ0n) is 49.2. The Morgan fingerprint density at radius 2 is 0.596 bits per heavy atom. The van der Waals surface area contributed by atoms with E-state index in [1.165, 1.54) is 9.80 Å². The quantitative estimate of drug-likeness (QED) is 0.0596. The number of amides is 4. The van der Waals surface area contributed by atoms with Crippen molar-refractivity contribution in [2.24, 2.45) is 0 Å². The molecule has 11 nitrogen and oxygen atoms in total. The molecule has 4 amide bonds. The summed E-state index contributed by atoms with van der Waals surface area (Å²) in [6.07, 6.45) is 0. The lowest BCUT2D eigenvalue weighted by Crippen LogP contribution is -2.42. The van der Waals surface area contributed by atoms with Crippen LogP contribution in [0.5, 0.6) is 46.0 Å². The van der Waals surface area contributed by atoms with E-state index < -0.39 is 29.7 Å². The molecule has 1 unspecified atom stereocenters. The topological polar surface area (TPSA) is 115 Å². The minimum absolute atomic E-state index is 0.178. The normalized spacial score (nSPS) is 13.2. The Morgan fingerprint density at radius 3 is 0.933 bits per heavy atom. The molecule has 0 saturated heterocycles. The van der Waals surface area contributed by atoms with Crippen LogP contribution < -0.4 is 28.7 Å². The van der Waals surface area contributed by atoms with Crippen molar-refractivity contribution in [1.82, 2.24) is 4.90 Å². The van der Waals surface area contributed by atoms with Crippen molar-refractivity contribution < 1.29 is 38.1 Å². The van der Waals surface area contributed by atoms with E-state index in [1.54, 1.807) is 36.4 Å². The zero-order valence-corrected chi connectivity index (χ0v) is 49.2. The zero-order chi connectivity index (χ0) is 60.8. The smallest absolute Gasteiger partial charge is 0.266 e. The van der Waals surface area contributed by atoms with Gasteiger partial charge in [-0.25, -0.2) is 4.90 Å². The second-order valence-corrected chi connectivity index (χ2v) is 22.7. The molecule has 430 valence electrons. The van der Waals surface area contributed by atoms with Crippen LogP contribution >= 0.6 is 0 Å². The van der Waals surface area contributed by atoms with Crippen LogP contribution in [0.1, 0.15) is 82.2 Å². The number of fused-ring (bicyclic) bond motifs is 2. The third-order valence-corrected chi connectivity index (χ3v) is 17.2. The van der Waals surface area contributed by atoms with Crippen molar-refractivity contribution in [3.05, 3.63) is 287 Å². The fourth-order valence-electron chi connectivity index (χ4n) is 12.8. The van der Waals surface area contributed by atoms with E-state index in [-0.39, 0.29) is 45.3 Å². The van der Waals surface area contributed by atoms with Crippen LogP contribution in [0.4, 0.5) is 22.7 Å². The molecule has 13 aromatic rings. The van der Waals surface area contributed by atoms with Gasteiger partial charge in [0.2, 0.25) is 0 Å². The Hall–Kier alpha value is -11.6. The maximum absolute atomic E-state index is 16.1. The number of nitrogens with zero attached hydrogens (tertiary/aromatic N) is 3. The molecular weight excluding hydrogens is 1110 g/mol. The van der Waals surface area contributed by atoms with Gasteiger partial charge in [-0.2, -0.15) is 0 Å². The molecule has 0 aromatic heterocycles. The lowest BCUT2D eigenvalue weighted by atomic mass is 9.80. The predicted octanol–water partition coefficient (Wildman–Crippen LogP) is 19.8. The number of rotatable bonds is 14. The number of carbonyl (C=O) groups is 4. The summed E-state index contributed by atoms with van der Waals surface area (Å²) in [6, 6.07) is 73.4. The summed E-state index contributed by atoms with van der Waals surface area (Å²) < 4.78 is 29.1. The van der Waals surface area contributed by atoms with Gasteiger partial charge in [0, 0.05) is 60.2 Å². The van der Waals surface area contributed by atoms with E-state index >= 15 is 19.2 Å². The van der Waals surface area contributed by atoms with Crippen molar-refractivity contribution >= 4 is 89.5 Å². The maximum Gasteiger partial charge on any atom is 0.266 e.